The second-order valence-corrected chi connectivity index (χ2v) is 9.89. The van der Waals surface area contributed by atoms with E-state index in [1.165, 1.54) is 0 Å². The number of benzene rings is 3. The first kappa shape index (κ1) is 25.4. The number of nitrogens with two attached hydrogens (primary N) is 1. The molecule has 0 saturated carbocycles. The molecule has 1 atom stereocenters. The summed E-state index contributed by atoms with van der Waals surface area (Å²) in [6, 6.07) is 25.3. The van der Waals surface area contributed by atoms with Gasteiger partial charge in [0.1, 0.15) is 0 Å². The summed E-state index contributed by atoms with van der Waals surface area (Å²) in [6.07, 6.45) is -0.717. The van der Waals surface area contributed by atoms with Crippen LogP contribution in [0.25, 0.3) is 11.1 Å². The third-order valence-electron chi connectivity index (χ3n) is 5.12. The average molecular weight is 483 g/mol. The minimum atomic E-state index is -4.03. The number of sulfonamides is 1. The van der Waals surface area contributed by atoms with Gasteiger partial charge in [0.25, 0.3) is 10.0 Å². The van der Waals surface area contributed by atoms with Gasteiger partial charge in [-0.15, -0.1) is 0 Å². The Hall–Kier alpha value is -3.20. The van der Waals surface area contributed by atoms with E-state index < -0.39 is 28.3 Å². The minimum absolute atomic E-state index is 0.0345. The van der Waals surface area contributed by atoms with Crippen molar-refractivity contribution in [1.29, 1.82) is 0 Å². The van der Waals surface area contributed by atoms with E-state index in [0.717, 1.165) is 21.2 Å². The van der Waals surface area contributed by atoms with E-state index in [4.69, 9.17) is 15.3 Å². The van der Waals surface area contributed by atoms with Gasteiger partial charge in [-0.3, -0.25) is 4.84 Å². The molecule has 2 N–H and O–H groups in total. The van der Waals surface area contributed by atoms with E-state index in [1.54, 1.807) is 38.1 Å². The van der Waals surface area contributed by atoms with Gasteiger partial charge >= 0.3 is 6.09 Å². The van der Waals surface area contributed by atoms with Gasteiger partial charge in [-0.1, -0.05) is 77.3 Å². The van der Waals surface area contributed by atoms with Gasteiger partial charge in [-0.05, 0) is 49.1 Å². The van der Waals surface area contributed by atoms with Gasteiger partial charge in [0.05, 0.1) is 23.6 Å². The van der Waals surface area contributed by atoms with Crippen molar-refractivity contribution in [3.8, 4) is 11.1 Å². The molecule has 0 bridgehead atoms. The number of hydrogen-bond acceptors (Lipinski definition) is 5. The molecule has 0 fully saturated rings. The molecule has 34 heavy (non-hydrogen) atoms. The van der Waals surface area contributed by atoms with Gasteiger partial charge in [-0.25, -0.2) is 13.2 Å². The van der Waals surface area contributed by atoms with Crippen LogP contribution in [0.5, 0.6) is 0 Å². The van der Waals surface area contributed by atoms with Crippen molar-refractivity contribution in [2.45, 2.75) is 43.7 Å². The minimum Gasteiger partial charge on any atom is -0.450 e. The number of rotatable bonds is 11. The van der Waals surface area contributed by atoms with E-state index in [1.807, 2.05) is 60.7 Å². The molecule has 0 aliphatic rings. The molecular weight excluding hydrogens is 452 g/mol. The smallest absolute Gasteiger partial charge is 0.404 e. The summed E-state index contributed by atoms with van der Waals surface area (Å²) in [5.41, 5.74) is 7.93. The van der Waals surface area contributed by atoms with E-state index in [-0.39, 0.29) is 17.9 Å². The van der Waals surface area contributed by atoms with Gasteiger partial charge in [0.15, 0.2) is 0 Å². The third kappa shape index (κ3) is 6.90. The molecule has 0 saturated heterocycles. The largest absolute Gasteiger partial charge is 0.450 e. The number of nitrogens with zero attached hydrogens (tertiary/aromatic N) is 1. The highest BCUT2D eigenvalue weighted by Gasteiger charge is 2.34. The van der Waals surface area contributed by atoms with Gasteiger partial charge in [0, 0.05) is 6.42 Å². The molecule has 0 aromatic heterocycles. The van der Waals surface area contributed by atoms with Crippen LogP contribution in [0.4, 0.5) is 4.79 Å². The molecule has 8 heteroatoms. The normalized spacial score (nSPS) is 12.6. The molecule has 0 spiro atoms. The van der Waals surface area contributed by atoms with Crippen molar-refractivity contribution in [3.63, 3.8) is 0 Å². The topological polar surface area (TPSA) is 98.9 Å². The quantitative estimate of drug-likeness (QED) is 0.397. The summed E-state index contributed by atoms with van der Waals surface area (Å²) >= 11 is 0. The summed E-state index contributed by atoms with van der Waals surface area (Å²) in [5.74, 6) is 0. The Bertz CT molecular complexity index is 1150. The van der Waals surface area contributed by atoms with E-state index in [9.17, 15) is 13.2 Å². The number of hydrogen-bond donors (Lipinski definition) is 1. The predicted molar refractivity (Wildman–Crippen MR) is 131 cm³/mol. The summed E-state index contributed by atoms with van der Waals surface area (Å²) in [4.78, 5) is 17.1. The lowest BCUT2D eigenvalue weighted by Gasteiger charge is -2.31. The zero-order valence-corrected chi connectivity index (χ0v) is 20.1. The van der Waals surface area contributed by atoms with Crippen molar-refractivity contribution < 1.29 is 22.8 Å². The summed E-state index contributed by atoms with van der Waals surface area (Å²) in [6.45, 7) is 3.49. The monoisotopic (exact) mass is 482 g/mol. The maximum atomic E-state index is 13.7. The molecule has 1 amide bonds. The summed E-state index contributed by atoms with van der Waals surface area (Å²) < 4.78 is 33.4. The Morgan fingerprint density at radius 2 is 1.44 bits per heavy atom. The highest BCUT2D eigenvalue weighted by atomic mass is 32.2. The number of ether oxygens (including phenoxy) is 1. The molecular formula is C26H30N2O5S. The molecule has 0 radical (unpaired) electrons. The van der Waals surface area contributed by atoms with Crippen molar-refractivity contribution in [3.05, 3.63) is 90.5 Å². The lowest BCUT2D eigenvalue weighted by atomic mass is 10.0. The van der Waals surface area contributed by atoms with Gasteiger partial charge in [0.2, 0.25) is 0 Å². The maximum Gasteiger partial charge on any atom is 0.404 e. The van der Waals surface area contributed by atoms with Crippen LogP contribution in [-0.4, -0.2) is 37.7 Å². The molecule has 3 aromatic rings. The third-order valence-corrected chi connectivity index (χ3v) is 6.84. The Labute approximate surface area is 201 Å². The van der Waals surface area contributed by atoms with Crippen LogP contribution in [0.1, 0.15) is 25.8 Å². The van der Waals surface area contributed by atoms with Crippen LogP contribution in [0, 0.1) is 0 Å². The van der Waals surface area contributed by atoms with Crippen LogP contribution in [0.2, 0.25) is 0 Å². The van der Waals surface area contributed by atoms with E-state index in [2.05, 4.69) is 0 Å². The van der Waals surface area contributed by atoms with Crippen molar-refractivity contribution >= 4 is 16.1 Å². The molecule has 0 aliphatic carbocycles. The Morgan fingerprint density at radius 3 is 2.00 bits per heavy atom. The highest BCUT2D eigenvalue weighted by Crippen LogP contribution is 2.27. The molecule has 0 heterocycles. The first-order valence-electron chi connectivity index (χ1n) is 11.1. The Balaban J connectivity index is 1.93. The number of amides is 1. The summed E-state index contributed by atoms with van der Waals surface area (Å²) in [7, 11) is -4.03. The second-order valence-electron chi connectivity index (χ2n) is 8.10. The molecule has 0 aliphatic heterocycles. The number of hydroxylamine groups is 1. The van der Waals surface area contributed by atoms with Crippen molar-refractivity contribution in [2.24, 2.45) is 5.73 Å². The number of primary amides is 1. The van der Waals surface area contributed by atoms with Gasteiger partial charge in [-0.2, -0.15) is 0 Å². The fourth-order valence-electron chi connectivity index (χ4n) is 3.56. The standard InChI is InChI=1S/C26H30N2O5S/c1-20(2)33-28(24(17-18-32-26(27)29)19-21-9-5-3-6-10-21)34(30,31)25-15-13-23(14-16-25)22-11-7-4-8-12-22/h3-16,20,24H,17-19H2,1-2H3,(H2,27,29). The predicted octanol–water partition coefficient (Wildman–Crippen LogP) is 4.78. The molecule has 3 aromatic carbocycles. The fraction of sp³-hybridized carbons (Fsp3) is 0.269. The zero-order chi connectivity index (χ0) is 24.6. The van der Waals surface area contributed by atoms with E-state index in [0.29, 0.717) is 6.42 Å². The highest BCUT2D eigenvalue weighted by molar-refractivity contribution is 7.89. The first-order valence-corrected chi connectivity index (χ1v) is 12.5. The molecule has 180 valence electrons. The van der Waals surface area contributed by atoms with Crippen LogP contribution in [0.15, 0.2) is 89.8 Å². The lowest BCUT2D eigenvalue weighted by Crippen LogP contribution is -2.44. The number of carbonyl (C=O) groups excluding carboxylic acids is 1. The van der Waals surface area contributed by atoms with Crippen molar-refractivity contribution in [2.75, 3.05) is 6.61 Å². The Kier molecular flexibility index (Phi) is 8.81. The molecule has 7 nitrogen and oxygen atoms in total. The first-order chi connectivity index (χ1) is 16.3. The lowest BCUT2D eigenvalue weighted by molar-refractivity contribution is -0.146. The van der Waals surface area contributed by atoms with Crippen LogP contribution in [0.3, 0.4) is 0 Å². The molecule has 3 rings (SSSR count). The van der Waals surface area contributed by atoms with Crippen LogP contribution >= 0.6 is 0 Å². The van der Waals surface area contributed by atoms with Gasteiger partial charge < -0.3 is 10.5 Å². The summed E-state index contributed by atoms with van der Waals surface area (Å²) in [5, 5.41) is 0. The number of carbonyl (C=O) groups is 1. The SMILES string of the molecule is CC(C)ON(C(CCOC(N)=O)Cc1ccccc1)S(=O)(=O)c1ccc(-c2ccccc2)cc1. The van der Waals surface area contributed by atoms with Crippen molar-refractivity contribution in [1.82, 2.24) is 4.47 Å². The van der Waals surface area contributed by atoms with Crippen LogP contribution in [-0.2, 0) is 26.0 Å². The van der Waals surface area contributed by atoms with Crippen LogP contribution < -0.4 is 5.73 Å². The average Bonchev–Trinajstić information content (AvgIpc) is 2.83. The molecule has 1 unspecified atom stereocenters. The second kappa shape index (κ2) is 11.8. The van der Waals surface area contributed by atoms with E-state index >= 15 is 0 Å². The maximum absolute atomic E-state index is 13.7. The zero-order valence-electron chi connectivity index (χ0n) is 19.3. The fourth-order valence-corrected chi connectivity index (χ4v) is 5.11. The Morgan fingerprint density at radius 1 is 0.882 bits per heavy atom.